The van der Waals surface area contributed by atoms with E-state index in [9.17, 15) is 9.59 Å². The van der Waals surface area contributed by atoms with E-state index in [0.29, 0.717) is 11.3 Å². The molecular formula is C21H17N5O2. The quantitative estimate of drug-likeness (QED) is 0.564. The van der Waals surface area contributed by atoms with Crippen molar-refractivity contribution in [2.45, 2.75) is 0 Å². The summed E-state index contributed by atoms with van der Waals surface area (Å²) < 4.78 is 3.52. The number of benzene rings is 2. The number of carbonyl (C=O) groups excluding carboxylic acids is 2. The molecule has 0 spiro atoms. The molecule has 4 aromatic rings. The van der Waals surface area contributed by atoms with Crippen LogP contribution in [-0.2, 0) is 0 Å². The van der Waals surface area contributed by atoms with Crippen molar-refractivity contribution in [2.75, 3.05) is 5.32 Å². The lowest BCUT2D eigenvalue weighted by Gasteiger charge is -2.08. The minimum Gasteiger partial charge on any atom is -0.364 e. The summed E-state index contributed by atoms with van der Waals surface area (Å²) in [6.45, 7) is 0. The Morgan fingerprint density at radius 1 is 0.821 bits per heavy atom. The highest BCUT2D eigenvalue weighted by Gasteiger charge is 2.08. The second-order valence-electron chi connectivity index (χ2n) is 6.15. The van der Waals surface area contributed by atoms with Gasteiger partial charge in [0.15, 0.2) is 0 Å². The Kier molecular flexibility index (Phi) is 4.47. The molecule has 0 saturated heterocycles. The molecule has 0 saturated carbocycles. The molecule has 2 aromatic carbocycles. The van der Waals surface area contributed by atoms with Crippen molar-refractivity contribution in [3.63, 3.8) is 0 Å². The Balaban J connectivity index is 1.45. The van der Waals surface area contributed by atoms with Crippen molar-refractivity contribution >= 4 is 17.5 Å². The molecule has 28 heavy (non-hydrogen) atoms. The molecule has 2 aromatic heterocycles. The zero-order valence-electron chi connectivity index (χ0n) is 14.8. The van der Waals surface area contributed by atoms with Crippen LogP contribution in [0, 0.1) is 0 Å². The van der Waals surface area contributed by atoms with Gasteiger partial charge in [-0.25, -0.2) is 4.68 Å². The normalized spacial score (nSPS) is 10.6. The predicted molar refractivity (Wildman–Crippen MR) is 106 cm³/mol. The van der Waals surface area contributed by atoms with Gasteiger partial charge in [-0.2, -0.15) is 5.10 Å². The van der Waals surface area contributed by atoms with Crippen molar-refractivity contribution in [2.24, 2.45) is 5.73 Å². The lowest BCUT2D eigenvalue weighted by molar-refractivity contribution is 0.0993. The number of nitrogens with two attached hydrogens (primary N) is 1. The number of amides is 2. The summed E-state index contributed by atoms with van der Waals surface area (Å²) in [6.07, 6.45) is 5.55. The molecule has 0 aliphatic rings. The summed E-state index contributed by atoms with van der Waals surface area (Å²) in [5, 5.41) is 6.97. The van der Waals surface area contributed by atoms with Crippen LogP contribution >= 0.6 is 0 Å². The van der Waals surface area contributed by atoms with Crippen LogP contribution in [0.2, 0.25) is 0 Å². The first-order valence-corrected chi connectivity index (χ1v) is 8.61. The highest BCUT2D eigenvalue weighted by atomic mass is 16.2. The third-order valence-corrected chi connectivity index (χ3v) is 4.26. The SMILES string of the molecule is NC(=O)c1ccn(-c2ccc(NC(=O)c3ccc(-n4cccc4)cc3)cc2)n1. The van der Waals surface area contributed by atoms with Gasteiger partial charge >= 0.3 is 0 Å². The number of hydrogen-bond acceptors (Lipinski definition) is 3. The van der Waals surface area contributed by atoms with Crippen LogP contribution in [0.5, 0.6) is 0 Å². The molecule has 3 N–H and O–H groups in total. The van der Waals surface area contributed by atoms with Crippen LogP contribution in [0.1, 0.15) is 20.8 Å². The minimum absolute atomic E-state index is 0.193. The number of aromatic nitrogens is 3. The molecule has 4 rings (SSSR count). The number of rotatable bonds is 5. The molecule has 7 heteroatoms. The Bertz CT molecular complexity index is 1110. The van der Waals surface area contributed by atoms with E-state index in [0.717, 1.165) is 11.4 Å². The summed E-state index contributed by atoms with van der Waals surface area (Å²) in [5.74, 6) is -0.771. The van der Waals surface area contributed by atoms with E-state index in [2.05, 4.69) is 10.4 Å². The number of carbonyl (C=O) groups is 2. The van der Waals surface area contributed by atoms with Crippen LogP contribution in [0.15, 0.2) is 85.3 Å². The van der Waals surface area contributed by atoms with Crippen molar-refractivity contribution in [1.82, 2.24) is 14.3 Å². The second kappa shape index (κ2) is 7.24. The molecule has 0 radical (unpaired) electrons. The average molecular weight is 371 g/mol. The highest BCUT2D eigenvalue weighted by molar-refractivity contribution is 6.04. The lowest BCUT2D eigenvalue weighted by Crippen LogP contribution is -2.12. The van der Waals surface area contributed by atoms with E-state index < -0.39 is 5.91 Å². The number of hydrogen-bond donors (Lipinski definition) is 2. The Morgan fingerprint density at radius 3 is 2.07 bits per heavy atom. The third kappa shape index (κ3) is 3.54. The average Bonchev–Trinajstić information content (AvgIpc) is 3.41. The van der Waals surface area contributed by atoms with Crippen LogP contribution in [0.4, 0.5) is 5.69 Å². The fourth-order valence-corrected chi connectivity index (χ4v) is 2.79. The van der Waals surface area contributed by atoms with Gasteiger partial charge in [0.05, 0.1) is 5.69 Å². The van der Waals surface area contributed by atoms with Crippen molar-refractivity contribution in [3.8, 4) is 11.4 Å². The van der Waals surface area contributed by atoms with Crippen LogP contribution in [0.25, 0.3) is 11.4 Å². The van der Waals surface area contributed by atoms with Gasteiger partial charge in [-0.3, -0.25) is 9.59 Å². The maximum atomic E-state index is 12.5. The standard InChI is InChI=1S/C21H17N5O2/c22-20(27)19-11-14-26(24-19)18-9-5-16(6-10-18)23-21(28)15-3-7-17(8-4-15)25-12-1-2-13-25/h1-14H,(H2,22,27)(H,23,28). The highest BCUT2D eigenvalue weighted by Crippen LogP contribution is 2.16. The van der Waals surface area contributed by atoms with E-state index >= 15 is 0 Å². The fraction of sp³-hybridized carbons (Fsp3) is 0. The van der Waals surface area contributed by atoms with Gasteiger partial charge in [0.2, 0.25) is 0 Å². The molecule has 7 nitrogen and oxygen atoms in total. The third-order valence-electron chi connectivity index (χ3n) is 4.26. The molecule has 2 amide bonds. The summed E-state index contributed by atoms with van der Waals surface area (Å²) in [5.41, 5.74) is 8.37. The van der Waals surface area contributed by atoms with Crippen LogP contribution < -0.4 is 11.1 Å². The van der Waals surface area contributed by atoms with Crippen LogP contribution in [0.3, 0.4) is 0 Å². The minimum atomic E-state index is -0.578. The van der Waals surface area contributed by atoms with E-state index in [1.54, 1.807) is 53.3 Å². The Hall–Kier alpha value is -4.13. The summed E-state index contributed by atoms with van der Waals surface area (Å²) in [6, 6.07) is 19.9. The van der Waals surface area contributed by atoms with Crippen molar-refractivity contribution < 1.29 is 9.59 Å². The number of nitrogens with zero attached hydrogens (tertiary/aromatic N) is 3. The molecule has 0 unspecified atom stereocenters. The largest absolute Gasteiger partial charge is 0.364 e. The van der Waals surface area contributed by atoms with E-state index in [4.69, 9.17) is 5.73 Å². The maximum Gasteiger partial charge on any atom is 0.269 e. The van der Waals surface area contributed by atoms with Gasteiger partial charge in [-0.1, -0.05) is 0 Å². The number of primary amides is 1. The van der Waals surface area contributed by atoms with E-state index in [1.807, 2.05) is 41.2 Å². The zero-order chi connectivity index (χ0) is 19.5. The van der Waals surface area contributed by atoms with Gasteiger partial charge in [-0.05, 0) is 66.7 Å². The topological polar surface area (TPSA) is 94.9 Å². The van der Waals surface area contributed by atoms with Crippen LogP contribution in [-0.4, -0.2) is 26.2 Å². The fourth-order valence-electron chi connectivity index (χ4n) is 2.79. The van der Waals surface area contributed by atoms with E-state index in [1.165, 1.54) is 0 Å². The van der Waals surface area contributed by atoms with Crippen molar-refractivity contribution in [1.29, 1.82) is 0 Å². The van der Waals surface area contributed by atoms with Crippen molar-refractivity contribution in [3.05, 3.63) is 96.6 Å². The lowest BCUT2D eigenvalue weighted by atomic mass is 10.2. The molecule has 0 fully saturated rings. The van der Waals surface area contributed by atoms with Gasteiger partial charge in [0.1, 0.15) is 5.69 Å². The summed E-state index contributed by atoms with van der Waals surface area (Å²) >= 11 is 0. The van der Waals surface area contributed by atoms with E-state index in [-0.39, 0.29) is 11.6 Å². The first-order valence-electron chi connectivity index (χ1n) is 8.61. The summed E-state index contributed by atoms with van der Waals surface area (Å²) in [4.78, 5) is 23.6. The molecule has 0 aliphatic carbocycles. The molecule has 0 bridgehead atoms. The molecule has 0 atom stereocenters. The van der Waals surface area contributed by atoms with Gasteiger partial charge < -0.3 is 15.6 Å². The predicted octanol–water partition coefficient (Wildman–Crippen LogP) is 3.01. The Morgan fingerprint density at radius 2 is 1.46 bits per heavy atom. The molecular weight excluding hydrogens is 354 g/mol. The number of nitrogens with one attached hydrogen (secondary N) is 1. The Labute approximate surface area is 161 Å². The number of anilines is 1. The maximum absolute atomic E-state index is 12.5. The first-order chi connectivity index (χ1) is 13.6. The van der Waals surface area contributed by atoms with Gasteiger partial charge in [0, 0.05) is 35.5 Å². The molecule has 138 valence electrons. The molecule has 2 heterocycles. The monoisotopic (exact) mass is 371 g/mol. The zero-order valence-corrected chi connectivity index (χ0v) is 14.8. The first kappa shape index (κ1) is 17.3. The molecule has 0 aliphatic heterocycles. The van der Waals surface area contributed by atoms with Gasteiger partial charge in [0.25, 0.3) is 11.8 Å². The second-order valence-corrected chi connectivity index (χ2v) is 6.15. The smallest absolute Gasteiger partial charge is 0.269 e. The van der Waals surface area contributed by atoms with Gasteiger partial charge in [-0.15, -0.1) is 0 Å². The summed E-state index contributed by atoms with van der Waals surface area (Å²) in [7, 11) is 0.